The van der Waals surface area contributed by atoms with Crippen LogP contribution in [0.5, 0.6) is 0 Å². The van der Waals surface area contributed by atoms with Crippen LogP contribution in [-0.4, -0.2) is 88.6 Å². The van der Waals surface area contributed by atoms with Gasteiger partial charge >= 0.3 is 0 Å². The summed E-state index contributed by atoms with van der Waals surface area (Å²) < 4.78 is 11.1. The second kappa shape index (κ2) is 17.4. The summed E-state index contributed by atoms with van der Waals surface area (Å²) in [5.41, 5.74) is 1.20. The molecule has 0 unspecified atom stereocenters. The molecule has 1 aliphatic rings. The van der Waals surface area contributed by atoms with Crippen LogP contribution in [0.25, 0.3) is 0 Å². The lowest BCUT2D eigenvalue weighted by Crippen LogP contribution is -2.46. The number of rotatable bonds is 13. The van der Waals surface area contributed by atoms with Gasteiger partial charge in [-0.05, 0) is 30.7 Å². The lowest BCUT2D eigenvalue weighted by atomic mass is 10.2. The van der Waals surface area contributed by atoms with Crippen molar-refractivity contribution in [2.75, 3.05) is 77.6 Å². The molecule has 1 saturated heterocycles. The van der Waals surface area contributed by atoms with Crippen molar-refractivity contribution in [1.82, 2.24) is 20.5 Å². The number of piperazine rings is 1. The van der Waals surface area contributed by atoms with Crippen molar-refractivity contribution in [2.45, 2.75) is 33.2 Å². The summed E-state index contributed by atoms with van der Waals surface area (Å²) in [5.74, 6) is 1.83. The number of ether oxygens (including phenoxy) is 2. The second-order valence-electron chi connectivity index (χ2n) is 7.37. The molecule has 0 amide bonds. The SMILES string of the molecule is CCCCOCCOCCNC(=NC)NCc1ccnc(N2CCN(CC)CC2)c1.I. The van der Waals surface area contributed by atoms with Gasteiger partial charge in [0.25, 0.3) is 0 Å². The standard InChI is InChI=1S/C22H40N6O2.HI/c1-4-6-14-29-16-17-30-15-9-25-22(23-3)26-19-20-7-8-24-21(18-20)28-12-10-27(5-2)11-13-28;/h7-8,18H,4-6,9-17,19H2,1-3H3,(H2,23,25,26);1H. The Hall–Kier alpha value is -1.17. The van der Waals surface area contributed by atoms with E-state index in [4.69, 9.17) is 9.47 Å². The molecule has 1 fully saturated rings. The van der Waals surface area contributed by atoms with E-state index in [1.807, 2.05) is 12.3 Å². The normalized spacial score (nSPS) is 14.9. The summed E-state index contributed by atoms with van der Waals surface area (Å²) in [4.78, 5) is 13.7. The average molecular weight is 549 g/mol. The fourth-order valence-electron chi connectivity index (χ4n) is 3.25. The molecule has 1 aromatic rings. The van der Waals surface area contributed by atoms with Crippen molar-refractivity contribution >= 4 is 35.8 Å². The number of halogens is 1. The first-order valence-electron chi connectivity index (χ1n) is 11.3. The molecule has 2 N–H and O–H groups in total. The van der Waals surface area contributed by atoms with Crippen molar-refractivity contribution in [3.05, 3.63) is 23.9 Å². The highest BCUT2D eigenvalue weighted by molar-refractivity contribution is 14.0. The maximum absolute atomic E-state index is 5.58. The first kappa shape index (κ1) is 27.9. The minimum Gasteiger partial charge on any atom is -0.379 e. The van der Waals surface area contributed by atoms with E-state index >= 15 is 0 Å². The van der Waals surface area contributed by atoms with Crippen molar-refractivity contribution < 1.29 is 9.47 Å². The Morgan fingerprint density at radius 2 is 1.81 bits per heavy atom. The molecule has 0 aromatic carbocycles. The van der Waals surface area contributed by atoms with E-state index in [-0.39, 0.29) is 24.0 Å². The van der Waals surface area contributed by atoms with Crippen LogP contribution < -0.4 is 15.5 Å². The van der Waals surface area contributed by atoms with Crippen LogP contribution >= 0.6 is 24.0 Å². The van der Waals surface area contributed by atoms with Gasteiger partial charge in [-0.25, -0.2) is 4.98 Å². The van der Waals surface area contributed by atoms with Crippen molar-refractivity contribution in [2.24, 2.45) is 4.99 Å². The van der Waals surface area contributed by atoms with Gasteiger partial charge in [-0.15, -0.1) is 24.0 Å². The zero-order chi connectivity index (χ0) is 21.4. The summed E-state index contributed by atoms with van der Waals surface area (Å²) >= 11 is 0. The fourth-order valence-corrected chi connectivity index (χ4v) is 3.25. The molecule has 1 aromatic heterocycles. The Bertz CT molecular complexity index is 611. The fraction of sp³-hybridized carbons (Fsp3) is 0.727. The van der Waals surface area contributed by atoms with E-state index in [0.29, 0.717) is 32.9 Å². The third-order valence-electron chi connectivity index (χ3n) is 5.19. The minimum absolute atomic E-state index is 0. The van der Waals surface area contributed by atoms with Gasteiger partial charge < -0.3 is 29.9 Å². The number of aromatic nitrogens is 1. The molecule has 1 aliphatic heterocycles. The molecule has 31 heavy (non-hydrogen) atoms. The number of pyridine rings is 1. The van der Waals surface area contributed by atoms with Gasteiger partial charge in [0.15, 0.2) is 5.96 Å². The van der Waals surface area contributed by atoms with Gasteiger partial charge in [-0.1, -0.05) is 20.3 Å². The smallest absolute Gasteiger partial charge is 0.191 e. The van der Waals surface area contributed by atoms with Crippen LogP contribution in [0, 0.1) is 0 Å². The lowest BCUT2D eigenvalue weighted by Gasteiger charge is -2.34. The number of unbranched alkanes of at least 4 members (excludes halogenated alkanes) is 1. The maximum atomic E-state index is 5.58. The van der Waals surface area contributed by atoms with Crippen molar-refractivity contribution in [1.29, 1.82) is 0 Å². The van der Waals surface area contributed by atoms with Gasteiger partial charge in [0.05, 0.1) is 19.8 Å². The molecular formula is C22H41IN6O2. The van der Waals surface area contributed by atoms with Gasteiger partial charge in [0.2, 0.25) is 0 Å². The molecule has 0 spiro atoms. The van der Waals surface area contributed by atoms with E-state index < -0.39 is 0 Å². The second-order valence-corrected chi connectivity index (χ2v) is 7.37. The number of guanidine groups is 1. The van der Waals surface area contributed by atoms with Crippen molar-refractivity contribution in [3.63, 3.8) is 0 Å². The highest BCUT2D eigenvalue weighted by Crippen LogP contribution is 2.15. The molecule has 8 nitrogen and oxygen atoms in total. The number of likely N-dealkylation sites (N-methyl/N-ethyl adjacent to an activating group) is 1. The largest absolute Gasteiger partial charge is 0.379 e. The Labute approximate surface area is 205 Å². The van der Waals surface area contributed by atoms with Gasteiger partial charge in [-0.3, -0.25) is 4.99 Å². The number of nitrogens with zero attached hydrogens (tertiary/aromatic N) is 4. The molecule has 0 bridgehead atoms. The molecule has 0 aliphatic carbocycles. The quantitative estimate of drug-likeness (QED) is 0.170. The summed E-state index contributed by atoms with van der Waals surface area (Å²) in [6.45, 7) is 13.9. The van der Waals surface area contributed by atoms with Crippen LogP contribution in [0.4, 0.5) is 5.82 Å². The van der Waals surface area contributed by atoms with Crippen molar-refractivity contribution in [3.8, 4) is 0 Å². The molecule has 0 radical (unpaired) electrons. The summed E-state index contributed by atoms with van der Waals surface area (Å²) in [5, 5.41) is 6.64. The topological polar surface area (TPSA) is 74.2 Å². The van der Waals surface area contributed by atoms with Crippen LogP contribution in [0.1, 0.15) is 32.3 Å². The lowest BCUT2D eigenvalue weighted by molar-refractivity contribution is 0.0487. The number of anilines is 1. The van der Waals surface area contributed by atoms with Gasteiger partial charge in [0.1, 0.15) is 5.82 Å². The minimum atomic E-state index is 0. The Balaban J connectivity index is 0.00000480. The van der Waals surface area contributed by atoms with E-state index in [9.17, 15) is 0 Å². The molecule has 0 saturated carbocycles. The predicted molar refractivity (Wildman–Crippen MR) is 139 cm³/mol. The summed E-state index contributed by atoms with van der Waals surface area (Å²) in [7, 11) is 1.78. The maximum Gasteiger partial charge on any atom is 0.191 e. The third kappa shape index (κ3) is 11.3. The third-order valence-corrected chi connectivity index (χ3v) is 5.19. The monoisotopic (exact) mass is 548 g/mol. The number of hydrogen-bond acceptors (Lipinski definition) is 6. The van der Waals surface area contributed by atoms with Crippen LogP contribution in [0.15, 0.2) is 23.3 Å². The highest BCUT2D eigenvalue weighted by atomic mass is 127. The average Bonchev–Trinajstić information content (AvgIpc) is 2.80. The molecule has 9 heteroatoms. The van der Waals surface area contributed by atoms with Gasteiger partial charge in [0, 0.05) is 59.1 Å². The first-order valence-corrected chi connectivity index (χ1v) is 11.3. The zero-order valence-electron chi connectivity index (χ0n) is 19.4. The van der Waals surface area contributed by atoms with E-state index in [0.717, 1.165) is 63.9 Å². The highest BCUT2D eigenvalue weighted by Gasteiger charge is 2.16. The molecular weight excluding hydrogens is 507 g/mol. The molecule has 0 atom stereocenters. The molecule has 2 rings (SSSR count). The van der Waals surface area contributed by atoms with E-state index in [2.05, 4.69) is 50.3 Å². The zero-order valence-corrected chi connectivity index (χ0v) is 21.8. The predicted octanol–water partition coefficient (Wildman–Crippen LogP) is 2.34. The Morgan fingerprint density at radius 1 is 1.06 bits per heavy atom. The summed E-state index contributed by atoms with van der Waals surface area (Å²) in [6, 6.07) is 4.22. The van der Waals surface area contributed by atoms with Crippen LogP contribution in [-0.2, 0) is 16.0 Å². The summed E-state index contributed by atoms with van der Waals surface area (Å²) in [6.07, 6.45) is 4.16. The van der Waals surface area contributed by atoms with E-state index in [1.54, 1.807) is 7.05 Å². The Kier molecular flexibility index (Phi) is 15.6. The Morgan fingerprint density at radius 3 is 2.48 bits per heavy atom. The van der Waals surface area contributed by atoms with Crippen LogP contribution in [0.3, 0.4) is 0 Å². The molecule has 2 heterocycles. The van der Waals surface area contributed by atoms with Crippen LogP contribution in [0.2, 0.25) is 0 Å². The number of hydrogen-bond donors (Lipinski definition) is 2. The first-order chi connectivity index (χ1) is 14.8. The molecule has 178 valence electrons. The number of nitrogens with one attached hydrogen (secondary N) is 2. The number of aliphatic imine (C=N–C) groups is 1. The van der Waals surface area contributed by atoms with Gasteiger partial charge in [-0.2, -0.15) is 0 Å². The van der Waals surface area contributed by atoms with E-state index in [1.165, 1.54) is 5.56 Å².